The molecule has 1 N–H and O–H groups in total. The first-order valence-electron chi connectivity index (χ1n) is 12.3. The number of thioether (sulfide) groups is 1. The van der Waals surface area contributed by atoms with Gasteiger partial charge in [-0.2, -0.15) is 4.98 Å². The van der Waals surface area contributed by atoms with Gasteiger partial charge in [-0.05, 0) is 54.5 Å². The Kier molecular flexibility index (Phi) is 6.55. The van der Waals surface area contributed by atoms with Gasteiger partial charge < -0.3 is 14.8 Å². The zero-order chi connectivity index (χ0) is 25.4. The molecule has 0 unspecified atom stereocenters. The summed E-state index contributed by atoms with van der Waals surface area (Å²) in [5, 5.41) is 9.01. The summed E-state index contributed by atoms with van der Waals surface area (Å²) in [6.07, 6.45) is 1.27. The van der Waals surface area contributed by atoms with Crippen molar-refractivity contribution in [1.29, 1.82) is 0 Å². The highest BCUT2D eigenvalue weighted by molar-refractivity contribution is 7.98. The fraction of sp³-hybridized carbons (Fsp3) is 0.393. The summed E-state index contributed by atoms with van der Waals surface area (Å²) in [6, 6.07) is 13.8. The van der Waals surface area contributed by atoms with Crippen molar-refractivity contribution in [2.75, 3.05) is 19.0 Å². The molecule has 0 saturated carbocycles. The largest absolute Gasteiger partial charge is 0.493 e. The van der Waals surface area contributed by atoms with Gasteiger partial charge in [0.15, 0.2) is 17.3 Å². The van der Waals surface area contributed by atoms with Crippen LogP contribution in [0.4, 0.5) is 5.95 Å². The summed E-state index contributed by atoms with van der Waals surface area (Å²) in [6.45, 7) is 8.87. The number of methoxy groups -OCH3 is 1. The average molecular weight is 505 g/mol. The maximum Gasteiger partial charge on any atom is 0.227 e. The molecular weight excluding hydrogens is 472 g/mol. The van der Waals surface area contributed by atoms with Crippen LogP contribution in [0.15, 0.2) is 58.9 Å². The average Bonchev–Trinajstić information content (AvgIpc) is 3.24. The fourth-order valence-electron chi connectivity index (χ4n) is 5.00. The van der Waals surface area contributed by atoms with Gasteiger partial charge in [0.25, 0.3) is 0 Å². The summed E-state index contributed by atoms with van der Waals surface area (Å²) in [4.78, 5) is 18.3. The third kappa shape index (κ3) is 4.62. The minimum Gasteiger partial charge on any atom is -0.493 e. The molecule has 1 aromatic heterocycles. The Morgan fingerprint density at radius 3 is 2.72 bits per heavy atom. The number of allylic oxidation sites excluding steroid dienone is 2. The van der Waals surface area contributed by atoms with E-state index in [1.807, 2.05) is 35.9 Å². The normalized spacial score (nSPS) is 18.4. The molecule has 2 aromatic carbocycles. The molecule has 36 heavy (non-hydrogen) atoms. The summed E-state index contributed by atoms with van der Waals surface area (Å²) in [5.74, 6) is 2.88. The number of carbonyl (C=O) groups is 1. The number of fused-ring (bicyclic) bond motifs is 1. The molecule has 2 aliphatic rings. The Labute approximate surface area is 216 Å². The number of aryl methyl sites for hydroxylation is 1. The highest BCUT2D eigenvalue weighted by Gasteiger charge is 2.42. The number of anilines is 1. The Morgan fingerprint density at radius 1 is 1.17 bits per heavy atom. The summed E-state index contributed by atoms with van der Waals surface area (Å²) >= 11 is 1.60. The summed E-state index contributed by atoms with van der Waals surface area (Å²) < 4.78 is 13.2. The molecule has 0 radical (unpaired) electrons. The van der Waals surface area contributed by atoms with E-state index in [1.165, 1.54) is 11.1 Å². The van der Waals surface area contributed by atoms with E-state index >= 15 is 0 Å². The summed E-state index contributed by atoms with van der Waals surface area (Å²) in [7, 11) is 1.63. The first-order valence-corrected chi connectivity index (χ1v) is 13.3. The second-order valence-corrected chi connectivity index (χ2v) is 11.0. The van der Waals surface area contributed by atoms with Crippen molar-refractivity contribution in [3.05, 3.63) is 70.4 Å². The van der Waals surface area contributed by atoms with Crippen LogP contribution in [-0.2, 0) is 10.5 Å². The number of hydrogen-bond donors (Lipinski definition) is 1. The zero-order valence-electron chi connectivity index (χ0n) is 21.4. The SMILES string of the molecule is CCOc1ccc([C@H]2C3=C(CC(C)(C)CC3=O)Nc3nc(SCc4ccccc4C)nn32)cc1OC. The van der Waals surface area contributed by atoms with Crippen molar-refractivity contribution < 1.29 is 14.3 Å². The van der Waals surface area contributed by atoms with Gasteiger partial charge in [-0.1, -0.05) is 55.9 Å². The highest BCUT2D eigenvalue weighted by atomic mass is 32.2. The Bertz CT molecular complexity index is 1340. The Morgan fingerprint density at radius 2 is 1.97 bits per heavy atom. The minimum atomic E-state index is -0.385. The molecule has 0 spiro atoms. The van der Waals surface area contributed by atoms with Crippen LogP contribution < -0.4 is 14.8 Å². The predicted molar refractivity (Wildman–Crippen MR) is 142 cm³/mol. The van der Waals surface area contributed by atoms with Crippen molar-refractivity contribution in [2.45, 2.75) is 57.5 Å². The number of hydrogen-bond acceptors (Lipinski definition) is 7. The quantitative estimate of drug-likeness (QED) is 0.399. The van der Waals surface area contributed by atoms with Crippen LogP contribution >= 0.6 is 11.8 Å². The van der Waals surface area contributed by atoms with E-state index in [0.29, 0.717) is 35.6 Å². The molecule has 2 heterocycles. The number of rotatable bonds is 7. The maximum absolute atomic E-state index is 13.5. The number of nitrogens with one attached hydrogen (secondary N) is 1. The molecule has 188 valence electrons. The van der Waals surface area contributed by atoms with Crippen molar-refractivity contribution >= 4 is 23.5 Å². The van der Waals surface area contributed by atoms with E-state index in [1.54, 1.807) is 18.9 Å². The number of benzene rings is 2. The number of nitrogens with zero attached hydrogens (tertiary/aromatic N) is 3. The third-order valence-corrected chi connectivity index (χ3v) is 7.62. The molecule has 1 atom stereocenters. The second-order valence-electron chi connectivity index (χ2n) is 10.1. The van der Waals surface area contributed by atoms with Crippen LogP contribution in [0.25, 0.3) is 0 Å². The van der Waals surface area contributed by atoms with Crippen LogP contribution in [0.5, 0.6) is 11.5 Å². The predicted octanol–water partition coefficient (Wildman–Crippen LogP) is 5.94. The number of Topliss-reactive ketones (excluding diaryl/α,β-unsaturated/α-hetero) is 1. The lowest BCUT2D eigenvalue weighted by atomic mass is 9.73. The van der Waals surface area contributed by atoms with Crippen LogP contribution in [-0.4, -0.2) is 34.3 Å². The molecule has 1 aliphatic heterocycles. The maximum atomic E-state index is 13.5. The molecule has 7 nitrogen and oxygen atoms in total. The van der Waals surface area contributed by atoms with Gasteiger partial charge in [-0.3, -0.25) is 4.79 Å². The van der Waals surface area contributed by atoms with E-state index in [2.05, 4.69) is 44.3 Å². The van der Waals surface area contributed by atoms with E-state index < -0.39 is 0 Å². The number of carbonyl (C=O) groups excluding carboxylic acids is 1. The Hall–Kier alpha value is -3.26. The molecule has 0 amide bonds. The molecular formula is C28H32N4O3S. The van der Waals surface area contributed by atoms with E-state index in [4.69, 9.17) is 19.6 Å². The Balaban J connectivity index is 1.56. The van der Waals surface area contributed by atoms with Crippen LogP contribution in [0.2, 0.25) is 0 Å². The first-order chi connectivity index (χ1) is 17.3. The van der Waals surface area contributed by atoms with Crippen LogP contribution in [0.3, 0.4) is 0 Å². The number of ketones is 1. The van der Waals surface area contributed by atoms with Gasteiger partial charge in [0, 0.05) is 23.4 Å². The molecule has 1 aliphatic carbocycles. The lowest BCUT2D eigenvalue weighted by molar-refractivity contribution is -0.118. The highest BCUT2D eigenvalue weighted by Crippen LogP contribution is 2.46. The van der Waals surface area contributed by atoms with Crippen molar-refractivity contribution in [3.8, 4) is 11.5 Å². The van der Waals surface area contributed by atoms with Gasteiger partial charge in [-0.15, -0.1) is 5.10 Å². The second kappa shape index (κ2) is 9.65. The zero-order valence-corrected chi connectivity index (χ0v) is 22.2. The van der Waals surface area contributed by atoms with E-state index in [-0.39, 0.29) is 17.2 Å². The van der Waals surface area contributed by atoms with Gasteiger partial charge in [0.2, 0.25) is 11.1 Å². The van der Waals surface area contributed by atoms with E-state index in [9.17, 15) is 4.79 Å². The van der Waals surface area contributed by atoms with Crippen LogP contribution in [0, 0.1) is 12.3 Å². The standard InChI is InChI=1S/C28H32N4O3S/c1-6-35-22-12-11-18(13-23(22)34-5)25-24-20(14-28(3,4)15-21(24)33)29-26-30-27(31-32(25)26)36-16-19-10-8-7-9-17(19)2/h7-13,25H,6,14-16H2,1-5H3,(H,29,30,31)/t25-/m0/s1. The topological polar surface area (TPSA) is 78.3 Å². The molecule has 5 rings (SSSR count). The molecule has 0 saturated heterocycles. The molecule has 0 fully saturated rings. The third-order valence-electron chi connectivity index (χ3n) is 6.73. The van der Waals surface area contributed by atoms with Gasteiger partial charge in [0.05, 0.1) is 13.7 Å². The van der Waals surface area contributed by atoms with Gasteiger partial charge in [-0.25, -0.2) is 4.68 Å². The fourth-order valence-corrected chi connectivity index (χ4v) is 5.91. The number of ether oxygens (including phenoxy) is 2. The van der Waals surface area contributed by atoms with Gasteiger partial charge in [0.1, 0.15) is 6.04 Å². The lowest BCUT2D eigenvalue weighted by Crippen LogP contribution is -2.36. The minimum absolute atomic E-state index is 0.116. The van der Waals surface area contributed by atoms with Gasteiger partial charge >= 0.3 is 0 Å². The van der Waals surface area contributed by atoms with E-state index in [0.717, 1.165) is 29.0 Å². The van der Waals surface area contributed by atoms with Crippen molar-refractivity contribution in [2.24, 2.45) is 5.41 Å². The molecule has 3 aromatic rings. The summed E-state index contributed by atoms with van der Waals surface area (Å²) in [5.41, 5.74) is 4.99. The van der Waals surface area contributed by atoms with Crippen molar-refractivity contribution in [3.63, 3.8) is 0 Å². The molecule has 8 heteroatoms. The van der Waals surface area contributed by atoms with Crippen LogP contribution in [0.1, 0.15) is 56.3 Å². The lowest BCUT2D eigenvalue weighted by Gasteiger charge is -2.38. The molecule has 0 bridgehead atoms. The smallest absolute Gasteiger partial charge is 0.227 e. The van der Waals surface area contributed by atoms with Crippen molar-refractivity contribution in [1.82, 2.24) is 14.8 Å². The number of aromatic nitrogens is 3. The first kappa shape index (κ1) is 24.4. The monoisotopic (exact) mass is 504 g/mol.